The van der Waals surface area contributed by atoms with E-state index in [-0.39, 0.29) is 11.7 Å². The van der Waals surface area contributed by atoms with Gasteiger partial charge in [0, 0.05) is 18.8 Å². The number of hydrogen-bond donors (Lipinski definition) is 1. The number of carbonyl (C=O) groups excluding carboxylic acids is 1. The van der Waals surface area contributed by atoms with Crippen molar-refractivity contribution in [1.82, 2.24) is 25.0 Å². The summed E-state index contributed by atoms with van der Waals surface area (Å²) in [6, 6.07) is 7.94. The number of hydrogen-bond acceptors (Lipinski definition) is 10. The number of amides is 1. The molecule has 1 aromatic carbocycles. The summed E-state index contributed by atoms with van der Waals surface area (Å²) >= 11 is 4.35. The standard InChI is InChI=1S/C18H21N7O2S3/c1-3-27-13-7-5-12(6-8-13)24-9-10-25-16(24)21-22-17(25)29-11-14(26)19-15-20-23-18(30-15)28-4-2/h5-8H,3-4,9-11H2,1-2H3,(H,19,20,26). The van der Waals surface area contributed by atoms with Crippen LogP contribution in [-0.2, 0) is 11.3 Å². The van der Waals surface area contributed by atoms with Gasteiger partial charge >= 0.3 is 0 Å². The minimum atomic E-state index is -0.136. The van der Waals surface area contributed by atoms with E-state index in [4.69, 9.17) is 4.74 Å². The molecule has 0 spiro atoms. The van der Waals surface area contributed by atoms with Crippen LogP contribution in [0, 0.1) is 0 Å². The summed E-state index contributed by atoms with van der Waals surface area (Å²) in [5.41, 5.74) is 1.04. The molecule has 9 nitrogen and oxygen atoms in total. The molecule has 0 saturated carbocycles. The summed E-state index contributed by atoms with van der Waals surface area (Å²) < 4.78 is 8.39. The lowest BCUT2D eigenvalue weighted by atomic mass is 10.3. The Morgan fingerprint density at radius 3 is 2.73 bits per heavy atom. The lowest BCUT2D eigenvalue weighted by Gasteiger charge is -2.15. The van der Waals surface area contributed by atoms with Crippen molar-refractivity contribution in [3.63, 3.8) is 0 Å². The minimum absolute atomic E-state index is 0.136. The van der Waals surface area contributed by atoms with Crippen molar-refractivity contribution in [1.29, 1.82) is 0 Å². The van der Waals surface area contributed by atoms with Gasteiger partial charge in [0.2, 0.25) is 17.0 Å². The molecule has 1 aliphatic heterocycles. The van der Waals surface area contributed by atoms with Gasteiger partial charge in [0.25, 0.3) is 0 Å². The van der Waals surface area contributed by atoms with Gasteiger partial charge in [-0.1, -0.05) is 41.8 Å². The molecule has 158 valence electrons. The molecular weight excluding hydrogens is 442 g/mol. The van der Waals surface area contributed by atoms with E-state index in [1.54, 1.807) is 11.8 Å². The predicted molar refractivity (Wildman–Crippen MR) is 120 cm³/mol. The van der Waals surface area contributed by atoms with Crippen LogP contribution in [0.2, 0.25) is 0 Å². The molecule has 0 aliphatic carbocycles. The molecule has 1 amide bonds. The van der Waals surface area contributed by atoms with Crippen molar-refractivity contribution in [2.75, 3.05) is 34.9 Å². The third kappa shape index (κ3) is 4.71. The van der Waals surface area contributed by atoms with E-state index >= 15 is 0 Å². The summed E-state index contributed by atoms with van der Waals surface area (Å²) in [6.45, 7) is 6.24. The highest BCUT2D eigenvalue weighted by molar-refractivity contribution is 8.01. The smallest absolute Gasteiger partial charge is 0.236 e. The number of thioether (sulfide) groups is 2. The first-order chi connectivity index (χ1) is 14.7. The quantitative estimate of drug-likeness (QED) is 0.377. The molecule has 0 fully saturated rings. The summed E-state index contributed by atoms with van der Waals surface area (Å²) in [7, 11) is 0. The zero-order valence-electron chi connectivity index (χ0n) is 16.6. The van der Waals surface area contributed by atoms with Gasteiger partial charge in [0.1, 0.15) is 5.75 Å². The molecule has 30 heavy (non-hydrogen) atoms. The predicted octanol–water partition coefficient (Wildman–Crippen LogP) is 3.52. The number of nitrogens with zero attached hydrogens (tertiary/aromatic N) is 6. The molecule has 4 rings (SSSR count). The van der Waals surface area contributed by atoms with E-state index < -0.39 is 0 Å². The molecule has 0 saturated heterocycles. The van der Waals surface area contributed by atoms with Crippen LogP contribution in [0.5, 0.6) is 5.75 Å². The highest BCUT2D eigenvalue weighted by Crippen LogP contribution is 2.33. The number of ether oxygens (including phenoxy) is 1. The largest absolute Gasteiger partial charge is 0.494 e. The van der Waals surface area contributed by atoms with Gasteiger partial charge in [-0.2, -0.15) is 0 Å². The van der Waals surface area contributed by atoms with Crippen LogP contribution in [0.4, 0.5) is 16.8 Å². The first-order valence-corrected chi connectivity index (χ1v) is 12.3. The van der Waals surface area contributed by atoms with Crippen molar-refractivity contribution >= 4 is 57.5 Å². The van der Waals surface area contributed by atoms with E-state index in [0.29, 0.717) is 11.7 Å². The van der Waals surface area contributed by atoms with Gasteiger partial charge < -0.3 is 9.64 Å². The van der Waals surface area contributed by atoms with E-state index in [1.807, 2.05) is 35.8 Å². The Bertz CT molecular complexity index is 1010. The minimum Gasteiger partial charge on any atom is -0.494 e. The number of anilines is 3. The Kier molecular flexibility index (Phi) is 6.75. The zero-order valence-corrected chi connectivity index (χ0v) is 19.0. The Labute approximate surface area is 186 Å². The van der Waals surface area contributed by atoms with Crippen LogP contribution in [-0.4, -0.2) is 55.5 Å². The molecule has 0 unspecified atom stereocenters. The molecular formula is C18H21N7O2S3. The van der Waals surface area contributed by atoms with Gasteiger partial charge in [0.15, 0.2) is 9.50 Å². The lowest BCUT2D eigenvalue weighted by molar-refractivity contribution is -0.113. The second kappa shape index (κ2) is 9.67. The zero-order chi connectivity index (χ0) is 20.9. The van der Waals surface area contributed by atoms with Crippen molar-refractivity contribution in [2.45, 2.75) is 29.9 Å². The lowest BCUT2D eigenvalue weighted by Crippen LogP contribution is -2.14. The van der Waals surface area contributed by atoms with E-state index in [0.717, 1.165) is 45.7 Å². The SMILES string of the molecule is CCOc1ccc(N2CCn3c(SCC(=O)Nc4nnc(SCC)s4)nnc32)cc1. The number of fused-ring (bicyclic) bond motifs is 1. The molecule has 0 bridgehead atoms. The van der Waals surface area contributed by atoms with Crippen molar-refractivity contribution in [3.05, 3.63) is 24.3 Å². The molecule has 2 aromatic heterocycles. The first kappa shape index (κ1) is 20.9. The number of aromatic nitrogens is 5. The fourth-order valence-corrected chi connectivity index (χ4v) is 5.37. The van der Waals surface area contributed by atoms with Gasteiger partial charge in [-0.15, -0.1) is 20.4 Å². The summed E-state index contributed by atoms with van der Waals surface area (Å²) in [4.78, 5) is 14.4. The highest BCUT2D eigenvalue weighted by Gasteiger charge is 2.26. The van der Waals surface area contributed by atoms with Crippen molar-refractivity contribution in [2.24, 2.45) is 0 Å². The number of nitrogens with one attached hydrogen (secondary N) is 1. The third-order valence-corrected chi connectivity index (χ3v) is 7.02. The van der Waals surface area contributed by atoms with Crippen LogP contribution in [0.25, 0.3) is 0 Å². The fraction of sp³-hybridized carbons (Fsp3) is 0.389. The maximum atomic E-state index is 12.3. The third-order valence-electron chi connectivity index (χ3n) is 4.20. The number of carbonyl (C=O) groups is 1. The van der Waals surface area contributed by atoms with Crippen molar-refractivity contribution in [3.8, 4) is 5.75 Å². The van der Waals surface area contributed by atoms with E-state index in [1.165, 1.54) is 23.1 Å². The highest BCUT2D eigenvalue weighted by atomic mass is 32.2. The fourth-order valence-electron chi connectivity index (χ4n) is 2.94. The van der Waals surface area contributed by atoms with Gasteiger partial charge in [-0.25, -0.2) is 0 Å². The van der Waals surface area contributed by atoms with Gasteiger partial charge in [-0.3, -0.25) is 14.7 Å². The van der Waals surface area contributed by atoms with Crippen LogP contribution >= 0.6 is 34.9 Å². The molecule has 3 heterocycles. The molecule has 1 aliphatic rings. The maximum Gasteiger partial charge on any atom is 0.236 e. The second-order valence-corrected chi connectivity index (χ2v) is 9.59. The number of rotatable bonds is 9. The van der Waals surface area contributed by atoms with E-state index in [2.05, 4.69) is 37.5 Å². The second-order valence-electron chi connectivity index (χ2n) is 6.16. The first-order valence-electron chi connectivity index (χ1n) is 9.50. The van der Waals surface area contributed by atoms with Crippen LogP contribution in [0.15, 0.2) is 33.8 Å². The van der Waals surface area contributed by atoms with Crippen LogP contribution < -0.4 is 15.0 Å². The molecule has 0 atom stereocenters. The maximum absolute atomic E-state index is 12.3. The summed E-state index contributed by atoms with van der Waals surface area (Å²) in [5, 5.41) is 20.7. The Balaban J connectivity index is 1.35. The molecule has 1 N–H and O–H groups in total. The van der Waals surface area contributed by atoms with Gasteiger partial charge in [-0.05, 0) is 36.9 Å². The Hall–Kier alpha value is -2.31. The monoisotopic (exact) mass is 463 g/mol. The number of benzene rings is 1. The average molecular weight is 464 g/mol. The normalized spacial score (nSPS) is 12.8. The van der Waals surface area contributed by atoms with Crippen LogP contribution in [0.3, 0.4) is 0 Å². The molecule has 3 aromatic rings. The van der Waals surface area contributed by atoms with Crippen LogP contribution in [0.1, 0.15) is 13.8 Å². The van der Waals surface area contributed by atoms with E-state index in [9.17, 15) is 4.79 Å². The molecule has 12 heteroatoms. The average Bonchev–Trinajstić information content (AvgIpc) is 3.45. The Morgan fingerprint density at radius 2 is 1.97 bits per heavy atom. The Morgan fingerprint density at radius 1 is 1.13 bits per heavy atom. The molecule has 0 radical (unpaired) electrons. The van der Waals surface area contributed by atoms with Crippen molar-refractivity contribution < 1.29 is 9.53 Å². The van der Waals surface area contributed by atoms with Gasteiger partial charge in [0.05, 0.1) is 12.4 Å². The topological polar surface area (TPSA) is 98.1 Å². The summed E-state index contributed by atoms with van der Waals surface area (Å²) in [6.07, 6.45) is 0. The summed E-state index contributed by atoms with van der Waals surface area (Å²) in [5.74, 6) is 2.65.